The highest BCUT2D eigenvalue weighted by Gasteiger charge is 2.34. The Labute approximate surface area is 113 Å². The number of halogens is 1. The number of hydrogen-bond acceptors (Lipinski definition) is 2. The molecule has 2 N–H and O–H groups in total. The summed E-state index contributed by atoms with van der Waals surface area (Å²) in [5, 5.41) is 0. The normalized spacial score (nSPS) is 16.2. The van der Waals surface area contributed by atoms with Crippen LogP contribution in [0.5, 0.6) is 0 Å². The van der Waals surface area contributed by atoms with E-state index in [-0.39, 0.29) is 17.6 Å². The van der Waals surface area contributed by atoms with Crippen LogP contribution in [0.1, 0.15) is 31.7 Å². The van der Waals surface area contributed by atoms with Crippen molar-refractivity contribution in [3.63, 3.8) is 0 Å². The summed E-state index contributed by atoms with van der Waals surface area (Å²) < 4.78 is 13.2. The first-order chi connectivity index (χ1) is 9.11. The Hall–Kier alpha value is -1.42. The average molecular weight is 264 g/mol. The SMILES string of the molecule is CC(CCN)C(=O)N(Cc1cccc(F)c1)C1CC1. The van der Waals surface area contributed by atoms with Crippen molar-refractivity contribution in [1.82, 2.24) is 4.90 Å². The van der Waals surface area contributed by atoms with Crippen molar-refractivity contribution in [1.29, 1.82) is 0 Å². The van der Waals surface area contributed by atoms with Gasteiger partial charge in [0.05, 0.1) is 0 Å². The quantitative estimate of drug-likeness (QED) is 0.857. The summed E-state index contributed by atoms with van der Waals surface area (Å²) in [6.45, 7) is 2.93. The van der Waals surface area contributed by atoms with Crippen LogP contribution in [-0.4, -0.2) is 23.4 Å². The predicted molar refractivity (Wildman–Crippen MR) is 72.8 cm³/mol. The summed E-state index contributed by atoms with van der Waals surface area (Å²) in [6.07, 6.45) is 2.80. The van der Waals surface area contributed by atoms with Crippen molar-refractivity contribution in [2.24, 2.45) is 11.7 Å². The van der Waals surface area contributed by atoms with E-state index in [9.17, 15) is 9.18 Å². The first-order valence-corrected chi connectivity index (χ1v) is 6.87. The standard InChI is InChI=1S/C15H21FN2O/c1-11(7-8-17)15(19)18(14-5-6-14)10-12-3-2-4-13(16)9-12/h2-4,9,11,14H,5-8,10,17H2,1H3. The van der Waals surface area contributed by atoms with E-state index in [0.29, 0.717) is 25.6 Å². The van der Waals surface area contributed by atoms with Gasteiger partial charge in [-0.2, -0.15) is 0 Å². The number of carbonyl (C=O) groups is 1. The molecule has 0 radical (unpaired) electrons. The second kappa shape index (κ2) is 6.15. The van der Waals surface area contributed by atoms with Gasteiger partial charge >= 0.3 is 0 Å². The number of hydrogen-bond donors (Lipinski definition) is 1. The van der Waals surface area contributed by atoms with Crippen molar-refractivity contribution < 1.29 is 9.18 Å². The third kappa shape index (κ3) is 3.77. The van der Waals surface area contributed by atoms with Crippen LogP contribution in [0.2, 0.25) is 0 Å². The predicted octanol–water partition coefficient (Wildman–Crippen LogP) is 2.30. The molecule has 4 heteroatoms. The number of rotatable bonds is 6. The van der Waals surface area contributed by atoms with Gasteiger partial charge in [-0.25, -0.2) is 4.39 Å². The van der Waals surface area contributed by atoms with E-state index < -0.39 is 0 Å². The molecule has 1 saturated carbocycles. The largest absolute Gasteiger partial charge is 0.335 e. The van der Waals surface area contributed by atoms with E-state index in [4.69, 9.17) is 5.73 Å². The van der Waals surface area contributed by atoms with Crippen LogP contribution >= 0.6 is 0 Å². The molecule has 0 spiro atoms. The molecule has 3 nitrogen and oxygen atoms in total. The van der Waals surface area contributed by atoms with Crippen molar-refractivity contribution in [3.05, 3.63) is 35.6 Å². The van der Waals surface area contributed by atoms with Gasteiger partial charge in [0, 0.05) is 18.5 Å². The van der Waals surface area contributed by atoms with Crippen molar-refractivity contribution in [2.45, 2.75) is 38.8 Å². The average Bonchev–Trinajstić information content (AvgIpc) is 3.20. The Morgan fingerprint density at radius 3 is 2.84 bits per heavy atom. The number of nitrogens with zero attached hydrogens (tertiary/aromatic N) is 1. The van der Waals surface area contributed by atoms with Crippen LogP contribution in [0, 0.1) is 11.7 Å². The van der Waals surface area contributed by atoms with E-state index in [1.807, 2.05) is 17.9 Å². The molecular weight excluding hydrogens is 243 g/mol. The fraction of sp³-hybridized carbons (Fsp3) is 0.533. The number of carbonyl (C=O) groups excluding carboxylic acids is 1. The molecule has 1 atom stereocenters. The first-order valence-electron chi connectivity index (χ1n) is 6.87. The Bertz CT molecular complexity index is 446. The molecule has 1 aromatic rings. The maximum atomic E-state index is 13.2. The molecular formula is C15H21FN2O. The lowest BCUT2D eigenvalue weighted by atomic mass is 10.1. The second-order valence-corrected chi connectivity index (χ2v) is 5.31. The van der Waals surface area contributed by atoms with Crippen molar-refractivity contribution in [3.8, 4) is 0 Å². The molecule has 0 bridgehead atoms. The summed E-state index contributed by atoms with van der Waals surface area (Å²) in [5.41, 5.74) is 6.36. The number of benzene rings is 1. The Morgan fingerprint density at radius 2 is 2.26 bits per heavy atom. The van der Waals surface area contributed by atoms with Crippen LogP contribution in [0.15, 0.2) is 24.3 Å². The highest BCUT2D eigenvalue weighted by atomic mass is 19.1. The van der Waals surface area contributed by atoms with Crippen LogP contribution in [0.3, 0.4) is 0 Å². The highest BCUT2D eigenvalue weighted by molar-refractivity contribution is 5.79. The van der Waals surface area contributed by atoms with E-state index >= 15 is 0 Å². The molecule has 104 valence electrons. The third-order valence-corrected chi connectivity index (χ3v) is 3.53. The minimum atomic E-state index is -0.254. The van der Waals surface area contributed by atoms with Gasteiger partial charge in [-0.3, -0.25) is 4.79 Å². The molecule has 0 saturated heterocycles. The van der Waals surface area contributed by atoms with Gasteiger partial charge in [0.15, 0.2) is 0 Å². The minimum absolute atomic E-state index is 0.0563. The fourth-order valence-electron chi connectivity index (χ4n) is 2.26. The Kier molecular flexibility index (Phi) is 4.53. The van der Waals surface area contributed by atoms with Crippen molar-refractivity contribution in [2.75, 3.05) is 6.54 Å². The maximum Gasteiger partial charge on any atom is 0.225 e. The molecule has 1 aromatic carbocycles. The second-order valence-electron chi connectivity index (χ2n) is 5.31. The minimum Gasteiger partial charge on any atom is -0.335 e. The number of amides is 1. The lowest BCUT2D eigenvalue weighted by Gasteiger charge is -2.26. The summed E-state index contributed by atoms with van der Waals surface area (Å²) in [4.78, 5) is 14.3. The van der Waals surface area contributed by atoms with E-state index in [0.717, 1.165) is 18.4 Å². The monoisotopic (exact) mass is 264 g/mol. The first kappa shape index (κ1) is 14.0. The number of nitrogens with two attached hydrogens (primary N) is 1. The molecule has 1 aliphatic carbocycles. The highest BCUT2D eigenvalue weighted by Crippen LogP contribution is 2.30. The molecule has 2 rings (SSSR count). The fourth-order valence-corrected chi connectivity index (χ4v) is 2.26. The molecule has 1 fully saturated rings. The van der Waals surface area contributed by atoms with Crippen LogP contribution < -0.4 is 5.73 Å². The van der Waals surface area contributed by atoms with Crippen LogP contribution in [-0.2, 0) is 11.3 Å². The maximum absolute atomic E-state index is 13.2. The molecule has 0 aliphatic heterocycles. The zero-order chi connectivity index (χ0) is 13.8. The van der Waals surface area contributed by atoms with Gasteiger partial charge in [0.25, 0.3) is 0 Å². The molecule has 0 heterocycles. The topological polar surface area (TPSA) is 46.3 Å². The lowest BCUT2D eigenvalue weighted by Crippen LogP contribution is -2.37. The summed E-state index contributed by atoms with van der Waals surface area (Å²) >= 11 is 0. The molecule has 1 unspecified atom stereocenters. The summed E-state index contributed by atoms with van der Waals surface area (Å²) in [6, 6.07) is 6.79. The molecule has 1 aliphatic rings. The summed E-state index contributed by atoms with van der Waals surface area (Å²) in [7, 11) is 0. The van der Waals surface area contributed by atoms with Gasteiger partial charge in [-0.1, -0.05) is 19.1 Å². The molecule has 19 heavy (non-hydrogen) atoms. The van der Waals surface area contributed by atoms with Gasteiger partial charge in [-0.15, -0.1) is 0 Å². The van der Waals surface area contributed by atoms with E-state index in [1.165, 1.54) is 12.1 Å². The van der Waals surface area contributed by atoms with Gasteiger partial charge in [0.2, 0.25) is 5.91 Å². The van der Waals surface area contributed by atoms with Gasteiger partial charge < -0.3 is 10.6 Å². The van der Waals surface area contributed by atoms with E-state index in [1.54, 1.807) is 6.07 Å². The van der Waals surface area contributed by atoms with Crippen molar-refractivity contribution >= 4 is 5.91 Å². The van der Waals surface area contributed by atoms with Crippen LogP contribution in [0.25, 0.3) is 0 Å². The smallest absolute Gasteiger partial charge is 0.225 e. The Morgan fingerprint density at radius 1 is 1.53 bits per heavy atom. The molecule has 1 amide bonds. The van der Waals surface area contributed by atoms with Crippen LogP contribution in [0.4, 0.5) is 4.39 Å². The van der Waals surface area contributed by atoms with Gasteiger partial charge in [-0.05, 0) is 43.5 Å². The summed E-state index contributed by atoms with van der Waals surface area (Å²) in [5.74, 6) is -0.174. The Balaban J connectivity index is 2.06. The zero-order valence-electron chi connectivity index (χ0n) is 11.3. The third-order valence-electron chi connectivity index (χ3n) is 3.53. The lowest BCUT2D eigenvalue weighted by molar-refractivity contribution is -0.136. The van der Waals surface area contributed by atoms with E-state index in [2.05, 4.69) is 0 Å². The zero-order valence-corrected chi connectivity index (χ0v) is 11.3. The molecule has 0 aromatic heterocycles. The van der Waals surface area contributed by atoms with Gasteiger partial charge in [0.1, 0.15) is 5.82 Å².